The van der Waals surface area contributed by atoms with Crippen LogP contribution in [0, 0.1) is 12.7 Å². The van der Waals surface area contributed by atoms with E-state index in [1.54, 1.807) is 12.1 Å². The van der Waals surface area contributed by atoms with Gasteiger partial charge in [-0.1, -0.05) is 33.6 Å². The van der Waals surface area contributed by atoms with Gasteiger partial charge in [-0.3, -0.25) is 0 Å². The van der Waals surface area contributed by atoms with E-state index in [1.165, 1.54) is 17.7 Å². The summed E-state index contributed by atoms with van der Waals surface area (Å²) in [5.74, 6) is 1.17. The van der Waals surface area contributed by atoms with Crippen molar-refractivity contribution in [2.75, 3.05) is 0 Å². The molecule has 0 saturated heterocycles. The zero-order chi connectivity index (χ0) is 12.3. The van der Waals surface area contributed by atoms with Crippen LogP contribution in [0.1, 0.15) is 11.1 Å². The summed E-state index contributed by atoms with van der Waals surface area (Å²) in [5.41, 5.74) is 2.26. The molecule has 0 spiro atoms. The molecule has 0 unspecified atom stereocenters. The molecule has 2 aromatic rings. The minimum absolute atomic E-state index is 0.262. The first-order valence-electron chi connectivity index (χ1n) is 5.28. The molecule has 0 N–H and O–H groups in total. The van der Waals surface area contributed by atoms with E-state index in [1.807, 2.05) is 19.1 Å². The molecule has 0 bridgehead atoms. The predicted octanol–water partition coefficient (Wildman–Crippen LogP) is 4.82. The standard InChI is InChI=1S/C14H12BrFO/c1-10-2-7-14(11(8-10)9-15)17-13-5-3-12(16)4-6-13/h2-8H,9H2,1H3. The Morgan fingerprint density at radius 1 is 1.12 bits per heavy atom. The third-order valence-electron chi connectivity index (χ3n) is 2.40. The van der Waals surface area contributed by atoms with Gasteiger partial charge in [0.1, 0.15) is 17.3 Å². The lowest BCUT2D eigenvalue weighted by Crippen LogP contribution is -1.90. The molecule has 0 amide bonds. The molecule has 2 rings (SSSR count). The largest absolute Gasteiger partial charge is 0.457 e. The zero-order valence-electron chi connectivity index (χ0n) is 9.41. The van der Waals surface area contributed by atoms with Crippen molar-refractivity contribution in [2.45, 2.75) is 12.3 Å². The van der Waals surface area contributed by atoms with Crippen molar-refractivity contribution in [3.05, 3.63) is 59.4 Å². The molecule has 2 aromatic carbocycles. The number of aryl methyl sites for hydroxylation is 1. The molecule has 0 saturated carbocycles. The van der Waals surface area contributed by atoms with Crippen molar-refractivity contribution in [1.29, 1.82) is 0 Å². The van der Waals surface area contributed by atoms with E-state index < -0.39 is 0 Å². The Morgan fingerprint density at radius 3 is 2.47 bits per heavy atom. The Balaban J connectivity index is 2.26. The molecule has 3 heteroatoms. The number of hydrogen-bond acceptors (Lipinski definition) is 1. The van der Waals surface area contributed by atoms with Gasteiger partial charge in [-0.2, -0.15) is 0 Å². The van der Waals surface area contributed by atoms with Gasteiger partial charge in [0.2, 0.25) is 0 Å². The molecule has 0 aromatic heterocycles. The highest BCUT2D eigenvalue weighted by atomic mass is 79.9. The highest BCUT2D eigenvalue weighted by Gasteiger charge is 2.04. The first-order chi connectivity index (χ1) is 8.19. The quantitative estimate of drug-likeness (QED) is 0.737. The zero-order valence-corrected chi connectivity index (χ0v) is 11.0. The molecule has 0 aliphatic heterocycles. The van der Waals surface area contributed by atoms with Crippen LogP contribution in [0.2, 0.25) is 0 Å². The Bertz CT molecular complexity index is 508. The minimum Gasteiger partial charge on any atom is -0.457 e. The van der Waals surface area contributed by atoms with Gasteiger partial charge in [0.05, 0.1) is 0 Å². The van der Waals surface area contributed by atoms with E-state index in [0.717, 1.165) is 16.6 Å². The second-order valence-corrected chi connectivity index (χ2v) is 4.36. The number of ether oxygens (including phenoxy) is 1. The van der Waals surface area contributed by atoms with Crippen LogP contribution >= 0.6 is 15.9 Å². The van der Waals surface area contributed by atoms with Gasteiger partial charge in [-0.25, -0.2) is 4.39 Å². The van der Waals surface area contributed by atoms with Crippen molar-refractivity contribution in [1.82, 2.24) is 0 Å². The average molecular weight is 295 g/mol. The summed E-state index contributed by atoms with van der Waals surface area (Å²) in [5, 5.41) is 0.727. The summed E-state index contributed by atoms with van der Waals surface area (Å²) < 4.78 is 18.5. The van der Waals surface area contributed by atoms with E-state index >= 15 is 0 Å². The van der Waals surface area contributed by atoms with E-state index in [2.05, 4.69) is 22.0 Å². The Kier molecular flexibility index (Phi) is 3.79. The van der Waals surface area contributed by atoms with Gasteiger partial charge < -0.3 is 4.74 Å². The van der Waals surface area contributed by atoms with Crippen molar-refractivity contribution in [3.63, 3.8) is 0 Å². The molecule has 1 nitrogen and oxygen atoms in total. The van der Waals surface area contributed by atoms with Crippen LogP contribution in [0.4, 0.5) is 4.39 Å². The molecule has 88 valence electrons. The van der Waals surface area contributed by atoms with Gasteiger partial charge in [0.15, 0.2) is 0 Å². The van der Waals surface area contributed by atoms with Gasteiger partial charge >= 0.3 is 0 Å². The van der Waals surface area contributed by atoms with Crippen LogP contribution in [-0.2, 0) is 5.33 Å². The van der Waals surface area contributed by atoms with Crippen molar-refractivity contribution < 1.29 is 9.13 Å². The maximum absolute atomic E-state index is 12.8. The van der Waals surface area contributed by atoms with Crippen LogP contribution in [0.5, 0.6) is 11.5 Å². The van der Waals surface area contributed by atoms with Crippen LogP contribution in [0.3, 0.4) is 0 Å². The third-order valence-corrected chi connectivity index (χ3v) is 3.01. The van der Waals surface area contributed by atoms with Crippen molar-refractivity contribution in [2.24, 2.45) is 0 Å². The average Bonchev–Trinajstić information content (AvgIpc) is 2.34. The van der Waals surface area contributed by atoms with E-state index in [-0.39, 0.29) is 5.82 Å². The Labute approximate surface area is 108 Å². The third kappa shape index (κ3) is 3.07. The van der Waals surface area contributed by atoms with Gasteiger partial charge in [0, 0.05) is 10.9 Å². The number of halogens is 2. The summed E-state index contributed by atoms with van der Waals surface area (Å²) in [6.45, 7) is 2.04. The van der Waals surface area contributed by atoms with E-state index in [4.69, 9.17) is 4.74 Å². The lowest BCUT2D eigenvalue weighted by molar-refractivity contribution is 0.476. The molecule has 17 heavy (non-hydrogen) atoms. The lowest BCUT2D eigenvalue weighted by Gasteiger charge is -2.10. The van der Waals surface area contributed by atoms with Gasteiger partial charge in [-0.05, 0) is 37.3 Å². The highest BCUT2D eigenvalue weighted by Crippen LogP contribution is 2.27. The summed E-state index contributed by atoms with van der Waals surface area (Å²) in [7, 11) is 0. The number of rotatable bonds is 3. The fourth-order valence-electron chi connectivity index (χ4n) is 1.54. The first kappa shape index (κ1) is 12.1. The molecule has 0 radical (unpaired) electrons. The second kappa shape index (κ2) is 5.32. The van der Waals surface area contributed by atoms with Crippen LogP contribution in [-0.4, -0.2) is 0 Å². The van der Waals surface area contributed by atoms with Crippen molar-refractivity contribution >= 4 is 15.9 Å². The fraction of sp³-hybridized carbons (Fsp3) is 0.143. The maximum Gasteiger partial charge on any atom is 0.131 e. The number of hydrogen-bond donors (Lipinski definition) is 0. The fourth-order valence-corrected chi connectivity index (χ4v) is 1.98. The Morgan fingerprint density at radius 2 is 1.82 bits per heavy atom. The SMILES string of the molecule is Cc1ccc(Oc2ccc(F)cc2)c(CBr)c1. The lowest BCUT2D eigenvalue weighted by atomic mass is 10.1. The van der Waals surface area contributed by atoms with Gasteiger partial charge in [-0.15, -0.1) is 0 Å². The minimum atomic E-state index is -0.262. The van der Waals surface area contributed by atoms with Crippen LogP contribution < -0.4 is 4.74 Å². The smallest absolute Gasteiger partial charge is 0.131 e. The monoisotopic (exact) mass is 294 g/mol. The topological polar surface area (TPSA) is 9.23 Å². The summed E-state index contributed by atoms with van der Waals surface area (Å²) in [6.07, 6.45) is 0. The van der Waals surface area contributed by atoms with E-state index in [0.29, 0.717) is 5.75 Å². The Hall–Kier alpha value is -1.35. The molecule has 0 fully saturated rings. The summed E-state index contributed by atoms with van der Waals surface area (Å²) in [6, 6.07) is 12.0. The molecule has 0 heterocycles. The van der Waals surface area contributed by atoms with Crippen molar-refractivity contribution in [3.8, 4) is 11.5 Å². The maximum atomic E-state index is 12.8. The molecular weight excluding hydrogens is 283 g/mol. The highest BCUT2D eigenvalue weighted by molar-refractivity contribution is 9.08. The normalized spacial score (nSPS) is 10.3. The predicted molar refractivity (Wildman–Crippen MR) is 70.3 cm³/mol. The van der Waals surface area contributed by atoms with Crippen LogP contribution in [0.25, 0.3) is 0 Å². The second-order valence-electron chi connectivity index (χ2n) is 3.80. The van der Waals surface area contributed by atoms with E-state index in [9.17, 15) is 4.39 Å². The first-order valence-corrected chi connectivity index (χ1v) is 6.40. The van der Waals surface area contributed by atoms with Gasteiger partial charge in [0.25, 0.3) is 0 Å². The molecular formula is C14H12BrFO. The van der Waals surface area contributed by atoms with Crippen LogP contribution in [0.15, 0.2) is 42.5 Å². The molecule has 0 aliphatic carbocycles. The summed E-state index contributed by atoms with van der Waals surface area (Å²) >= 11 is 3.43. The summed E-state index contributed by atoms with van der Waals surface area (Å²) in [4.78, 5) is 0. The number of alkyl halides is 1. The number of benzene rings is 2. The molecule has 0 aliphatic rings. The molecule has 0 atom stereocenters.